The molecule has 0 bridgehead atoms. The fourth-order valence-corrected chi connectivity index (χ4v) is 3.78. The summed E-state index contributed by atoms with van der Waals surface area (Å²) in [6.07, 6.45) is 2.00. The van der Waals surface area contributed by atoms with Crippen LogP contribution in [-0.2, 0) is 6.42 Å². The van der Waals surface area contributed by atoms with Crippen molar-refractivity contribution in [2.45, 2.75) is 32.7 Å². The maximum atomic E-state index is 5.53. The van der Waals surface area contributed by atoms with Crippen molar-refractivity contribution in [3.05, 3.63) is 22.8 Å². The molecule has 0 radical (unpaired) electrons. The van der Waals surface area contributed by atoms with Gasteiger partial charge in [-0.3, -0.25) is 4.90 Å². The Hall–Kier alpha value is -1.24. The second kappa shape index (κ2) is 6.68. The second-order valence-electron chi connectivity index (χ2n) is 5.30. The van der Waals surface area contributed by atoms with Gasteiger partial charge >= 0.3 is 0 Å². The molecule has 1 atom stereocenters. The standard InChI is InChI=1S/C15H22N4OS/c1-3-11-5-10-21-13(11)15-17-14(18-20-15)12(4-2)19-8-6-16-7-9-19/h5,10,12,16H,3-4,6-9H2,1-2H3. The summed E-state index contributed by atoms with van der Waals surface area (Å²) in [4.78, 5) is 8.24. The number of piperazine rings is 1. The predicted octanol–water partition coefficient (Wildman–Crippen LogP) is 2.72. The Morgan fingerprint density at radius 1 is 1.38 bits per heavy atom. The van der Waals surface area contributed by atoms with Gasteiger partial charge in [0.2, 0.25) is 0 Å². The lowest BCUT2D eigenvalue weighted by Gasteiger charge is -2.32. The Labute approximate surface area is 129 Å². The van der Waals surface area contributed by atoms with Gasteiger partial charge in [-0.25, -0.2) is 0 Å². The van der Waals surface area contributed by atoms with Crippen LogP contribution in [0.2, 0.25) is 0 Å². The lowest BCUT2D eigenvalue weighted by molar-refractivity contribution is 0.160. The van der Waals surface area contributed by atoms with Crippen molar-refractivity contribution in [2.75, 3.05) is 26.2 Å². The molecule has 1 aliphatic rings. The molecule has 0 saturated carbocycles. The highest BCUT2D eigenvalue weighted by Gasteiger charge is 2.25. The zero-order valence-electron chi connectivity index (χ0n) is 12.6. The van der Waals surface area contributed by atoms with Crippen LogP contribution < -0.4 is 5.32 Å². The first-order chi connectivity index (χ1) is 10.3. The summed E-state index contributed by atoms with van der Waals surface area (Å²) in [7, 11) is 0. The molecular formula is C15H22N4OS. The molecule has 114 valence electrons. The molecule has 0 aliphatic carbocycles. The van der Waals surface area contributed by atoms with Crippen molar-refractivity contribution in [1.82, 2.24) is 20.4 Å². The van der Waals surface area contributed by atoms with Crippen LogP contribution in [0.3, 0.4) is 0 Å². The first-order valence-corrected chi connectivity index (χ1v) is 8.56. The average molecular weight is 306 g/mol. The monoisotopic (exact) mass is 306 g/mol. The van der Waals surface area contributed by atoms with Gasteiger partial charge in [-0.15, -0.1) is 11.3 Å². The predicted molar refractivity (Wildman–Crippen MR) is 84.5 cm³/mol. The number of thiophene rings is 1. The highest BCUT2D eigenvalue weighted by molar-refractivity contribution is 7.13. The third kappa shape index (κ3) is 3.02. The number of aryl methyl sites for hydroxylation is 1. The Bertz CT molecular complexity index is 574. The zero-order valence-corrected chi connectivity index (χ0v) is 13.4. The quantitative estimate of drug-likeness (QED) is 0.920. The van der Waals surface area contributed by atoms with Gasteiger partial charge < -0.3 is 9.84 Å². The van der Waals surface area contributed by atoms with Crippen molar-refractivity contribution in [3.8, 4) is 10.8 Å². The van der Waals surface area contributed by atoms with E-state index >= 15 is 0 Å². The summed E-state index contributed by atoms with van der Waals surface area (Å²) in [5.41, 5.74) is 1.28. The summed E-state index contributed by atoms with van der Waals surface area (Å²) in [5, 5.41) is 9.72. The van der Waals surface area contributed by atoms with E-state index in [9.17, 15) is 0 Å². The third-order valence-electron chi connectivity index (χ3n) is 4.04. The van der Waals surface area contributed by atoms with Crippen LogP contribution >= 0.6 is 11.3 Å². The SMILES string of the molecule is CCc1ccsc1-c1nc(C(CC)N2CCNCC2)no1. The fourth-order valence-electron chi connectivity index (χ4n) is 2.86. The van der Waals surface area contributed by atoms with Crippen molar-refractivity contribution in [3.63, 3.8) is 0 Å². The maximum Gasteiger partial charge on any atom is 0.268 e. The number of hydrogen-bond acceptors (Lipinski definition) is 6. The summed E-state index contributed by atoms with van der Waals surface area (Å²) in [6.45, 7) is 8.49. The van der Waals surface area contributed by atoms with Gasteiger partial charge in [0.1, 0.15) is 0 Å². The Morgan fingerprint density at radius 3 is 2.90 bits per heavy atom. The first kappa shape index (κ1) is 14.7. The van der Waals surface area contributed by atoms with Crippen molar-refractivity contribution in [1.29, 1.82) is 0 Å². The minimum Gasteiger partial charge on any atom is -0.333 e. The molecule has 0 spiro atoms. The van der Waals surface area contributed by atoms with E-state index in [0.717, 1.165) is 49.7 Å². The molecule has 1 unspecified atom stereocenters. The number of aromatic nitrogens is 2. The van der Waals surface area contributed by atoms with E-state index in [2.05, 4.69) is 45.7 Å². The normalized spacial score (nSPS) is 18.0. The summed E-state index contributed by atoms with van der Waals surface area (Å²) >= 11 is 1.68. The molecule has 5 nitrogen and oxygen atoms in total. The first-order valence-electron chi connectivity index (χ1n) is 7.68. The van der Waals surface area contributed by atoms with E-state index < -0.39 is 0 Å². The van der Waals surface area contributed by atoms with Gasteiger partial charge in [-0.1, -0.05) is 19.0 Å². The van der Waals surface area contributed by atoms with Crippen molar-refractivity contribution < 1.29 is 4.52 Å². The van der Waals surface area contributed by atoms with Crippen LogP contribution in [0.4, 0.5) is 0 Å². The minimum atomic E-state index is 0.259. The summed E-state index contributed by atoms with van der Waals surface area (Å²) in [6, 6.07) is 2.40. The van der Waals surface area contributed by atoms with Crippen molar-refractivity contribution in [2.24, 2.45) is 0 Å². The largest absolute Gasteiger partial charge is 0.333 e. The molecule has 1 saturated heterocycles. The van der Waals surface area contributed by atoms with Crippen LogP contribution in [0.1, 0.15) is 37.7 Å². The number of rotatable bonds is 5. The Balaban J connectivity index is 1.82. The maximum absolute atomic E-state index is 5.53. The molecule has 3 rings (SSSR count). The van der Waals surface area contributed by atoms with Crippen LogP contribution in [0.25, 0.3) is 10.8 Å². The van der Waals surface area contributed by atoms with Gasteiger partial charge in [-0.05, 0) is 29.9 Å². The van der Waals surface area contributed by atoms with Crippen molar-refractivity contribution >= 4 is 11.3 Å². The molecule has 3 heterocycles. The highest BCUT2D eigenvalue weighted by Crippen LogP contribution is 2.30. The van der Waals surface area contributed by atoms with E-state index in [-0.39, 0.29) is 6.04 Å². The minimum absolute atomic E-state index is 0.259. The fraction of sp³-hybridized carbons (Fsp3) is 0.600. The smallest absolute Gasteiger partial charge is 0.268 e. The van der Waals surface area contributed by atoms with Gasteiger partial charge in [0.15, 0.2) is 5.82 Å². The summed E-state index contributed by atoms with van der Waals surface area (Å²) < 4.78 is 5.53. The topological polar surface area (TPSA) is 54.2 Å². The van der Waals surface area contributed by atoms with Crippen LogP contribution in [0.15, 0.2) is 16.0 Å². The van der Waals surface area contributed by atoms with Gasteiger partial charge in [-0.2, -0.15) is 4.98 Å². The van der Waals surface area contributed by atoms with Crippen LogP contribution in [0, 0.1) is 0 Å². The van der Waals surface area contributed by atoms with E-state index in [1.54, 1.807) is 11.3 Å². The molecule has 21 heavy (non-hydrogen) atoms. The highest BCUT2D eigenvalue weighted by atomic mass is 32.1. The van der Waals surface area contributed by atoms with Crippen LogP contribution in [-0.4, -0.2) is 41.2 Å². The lowest BCUT2D eigenvalue weighted by Crippen LogP contribution is -2.45. The van der Waals surface area contributed by atoms with E-state index in [0.29, 0.717) is 5.89 Å². The molecule has 6 heteroatoms. The Kier molecular flexibility index (Phi) is 4.67. The summed E-state index contributed by atoms with van der Waals surface area (Å²) in [5.74, 6) is 1.50. The van der Waals surface area contributed by atoms with Gasteiger partial charge in [0.05, 0.1) is 10.9 Å². The van der Waals surface area contributed by atoms with E-state index in [4.69, 9.17) is 4.52 Å². The molecule has 0 aromatic carbocycles. The zero-order chi connectivity index (χ0) is 14.7. The molecular weight excluding hydrogens is 284 g/mol. The second-order valence-corrected chi connectivity index (χ2v) is 6.21. The third-order valence-corrected chi connectivity index (χ3v) is 4.99. The Morgan fingerprint density at radius 2 is 2.19 bits per heavy atom. The number of nitrogens with zero attached hydrogens (tertiary/aromatic N) is 3. The molecule has 1 aliphatic heterocycles. The average Bonchev–Trinajstić information content (AvgIpc) is 3.17. The molecule has 2 aromatic rings. The molecule has 1 fully saturated rings. The number of nitrogens with one attached hydrogen (secondary N) is 1. The lowest BCUT2D eigenvalue weighted by atomic mass is 10.1. The van der Waals surface area contributed by atoms with E-state index in [1.807, 2.05) is 0 Å². The number of hydrogen-bond donors (Lipinski definition) is 1. The van der Waals surface area contributed by atoms with Crippen LogP contribution in [0.5, 0.6) is 0 Å². The van der Waals surface area contributed by atoms with E-state index in [1.165, 1.54) is 5.56 Å². The molecule has 1 N–H and O–H groups in total. The molecule has 2 aromatic heterocycles. The van der Waals surface area contributed by atoms with Gasteiger partial charge in [0, 0.05) is 26.2 Å². The molecule has 0 amide bonds. The van der Waals surface area contributed by atoms with Gasteiger partial charge in [0.25, 0.3) is 5.89 Å².